The molecule has 0 saturated heterocycles. The van der Waals surface area contributed by atoms with E-state index < -0.39 is 5.97 Å². The normalized spacial score (nSPS) is 10.5. The molecule has 0 fully saturated rings. The van der Waals surface area contributed by atoms with Crippen molar-refractivity contribution >= 4 is 23.4 Å². The molecule has 2 aromatic rings. The number of aromatic nitrogens is 1. The summed E-state index contributed by atoms with van der Waals surface area (Å²) < 4.78 is 9.86. The fourth-order valence-electron chi connectivity index (χ4n) is 2.33. The number of methoxy groups -OCH3 is 2. The van der Waals surface area contributed by atoms with E-state index in [1.54, 1.807) is 31.2 Å². The summed E-state index contributed by atoms with van der Waals surface area (Å²) in [6.45, 7) is 1.89. The predicted octanol–water partition coefficient (Wildman–Crippen LogP) is 3.14. The lowest BCUT2D eigenvalue weighted by Crippen LogP contribution is -2.12. The first-order valence-electron chi connectivity index (χ1n) is 6.59. The van der Waals surface area contributed by atoms with Gasteiger partial charge in [0, 0.05) is 18.4 Å². The molecule has 0 aliphatic carbocycles. The molecule has 0 aliphatic heterocycles. The number of carbonyl (C=O) groups is 2. The van der Waals surface area contributed by atoms with Crippen molar-refractivity contribution in [1.29, 1.82) is 0 Å². The maximum absolute atomic E-state index is 12.8. The minimum absolute atomic E-state index is 0.168. The number of esters is 1. The lowest BCUT2D eigenvalue weighted by atomic mass is 9.99. The number of benzene rings is 1. The summed E-state index contributed by atoms with van der Waals surface area (Å²) in [4.78, 5) is 27.9. The molecule has 116 valence electrons. The molecule has 0 aliphatic rings. The lowest BCUT2D eigenvalue weighted by molar-refractivity contribution is 0.0592. The van der Waals surface area contributed by atoms with Crippen molar-refractivity contribution in [3.8, 4) is 0 Å². The first kappa shape index (κ1) is 16.3. The minimum Gasteiger partial charge on any atom is -0.465 e. The molecule has 6 heteroatoms. The van der Waals surface area contributed by atoms with Gasteiger partial charge in [-0.05, 0) is 19.1 Å². The fraction of sp³-hybridized carbons (Fsp3) is 0.250. The molecule has 0 spiro atoms. The van der Waals surface area contributed by atoms with E-state index >= 15 is 0 Å². The van der Waals surface area contributed by atoms with Crippen LogP contribution >= 0.6 is 11.6 Å². The summed E-state index contributed by atoms with van der Waals surface area (Å²) in [5, 5.41) is 0.331. The van der Waals surface area contributed by atoms with Crippen LogP contribution in [0.1, 0.15) is 37.7 Å². The van der Waals surface area contributed by atoms with Gasteiger partial charge < -0.3 is 14.5 Å². The molecule has 0 amide bonds. The number of ketones is 1. The molecule has 0 radical (unpaired) electrons. The number of aryl methyl sites for hydroxylation is 1. The van der Waals surface area contributed by atoms with Gasteiger partial charge in [0.25, 0.3) is 0 Å². The van der Waals surface area contributed by atoms with E-state index in [4.69, 9.17) is 21.1 Å². The van der Waals surface area contributed by atoms with Crippen molar-refractivity contribution in [2.24, 2.45) is 0 Å². The number of nitrogens with one attached hydrogen (secondary N) is 1. The Hall–Kier alpha value is -2.11. The van der Waals surface area contributed by atoms with Crippen molar-refractivity contribution < 1.29 is 19.1 Å². The zero-order chi connectivity index (χ0) is 16.3. The second-order valence-electron chi connectivity index (χ2n) is 4.71. The Kier molecular flexibility index (Phi) is 5.00. The van der Waals surface area contributed by atoms with E-state index in [1.165, 1.54) is 14.2 Å². The van der Waals surface area contributed by atoms with Crippen molar-refractivity contribution in [1.82, 2.24) is 4.98 Å². The van der Waals surface area contributed by atoms with Crippen LogP contribution in [0.15, 0.2) is 24.3 Å². The Morgan fingerprint density at radius 1 is 1.18 bits per heavy atom. The zero-order valence-electron chi connectivity index (χ0n) is 12.5. The highest BCUT2D eigenvalue weighted by molar-refractivity contribution is 6.35. The molecule has 0 atom stereocenters. The Morgan fingerprint density at radius 2 is 1.86 bits per heavy atom. The molecular formula is C16H16ClNO4. The van der Waals surface area contributed by atoms with Gasteiger partial charge in [0.2, 0.25) is 0 Å². The summed E-state index contributed by atoms with van der Waals surface area (Å²) in [7, 11) is 2.78. The number of halogens is 1. The van der Waals surface area contributed by atoms with Crippen LogP contribution in [-0.4, -0.2) is 31.0 Å². The molecular weight excluding hydrogens is 306 g/mol. The maximum atomic E-state index is 12.8. The van der Waals surface area contributed by atoms with Gasteiger partial charge in [-0.3, -0.25) is 4.79 Å². The average Bonchev–Trinajstić information content (AvgIpc) is 2.83. The third-order valence-corrected chi connectivity index (χ3v) is 3.62. The van der Waals surface area contributed by atoms with Gasteiger partial charge in [-0.15, -0.1) is 0 Å². The smallest absolute Gasteiger partial charge is 0.340 e. The first-order chi connectivity index (χ1) is 10.5. The topological polar surface area (TPSA) is 68.4 Å². The Balaban J connectivity index is 2.62. The largest absolute Gasteiger partial charge is 0.465 e. The van der Waals surface area contributed by atoms with Crippen LogP contribution in [-0.2, 0) is 16.1 Å². The Morgan fingerprint density at radius 3 is 2.45 bits per heavy atom. The highest BCUT2D eigenvalue weighted by atomic mass is 35.5. The van der Waals surface area contributed by atoms with Crippen LogP contribution in [0, 0.1) is 6.92 Å². The molecule has 1 heterocycles. The van der Waals surface area contributed by atoms with Crippen molar-refractivity contribution in [3.05, 3.63) is 57.4 Å². The highest BCUT2D eigenvalue weighted by Crippen LogP contribution is 2.26. The number of carbonyl (C=O) groups excluding carboxylic acids is 2. The highest BCUT2D eigenvalue weighted by Gasteiger charge is 2.28. The molecule has 0 saturated carbocycles. The van der Waals surface area contributed by atoms with Crippen LogP contribution in [0.5, 0.6) is 0 Å². The quantitative estimate of drug-likeness (QED) is 0.678. The zero-order valence-corrected chi connectivity index (χ0v) is 13.3. The Bertz CT molecular complexity index is 721. The van der Waals surface area contributed by atoms with E-state index in [1.807, 2.05) is 0 Å². The first-order valence-corrected chi connectivity index (χ1v) is 6.97. The SMILES string of the molecule is COCc1[nH]c(C)c(C(=O)c2ccccc2Cl)c1C(=O)OC. The third kappa shape index (κ3) is 2.91. The summed E-state index contributed by atoms with van der Waals surface area (Å²) in [6, 6.07) is 6.70. The third-order valence-electron chi connectivity index (χ3n) is 3.29. The summed E-state index contributed by atoms with van der Waals surface area (Å²) >= 11 is 6.08. The molecule has 2 rings (SSSR count). The van der Waals surface area contributed by atoms with Gasteiger partial charge in [-0.1, -0.05) is 23.7 Å². The summed E-state index contributed by atoms with van der Waals surface area (Å²) in [5.74, 6) is -0.922. The molecule has 0 unspecified atom stereocenters. The standard InChI is InChI=1S/C16H16ClNO4/c1-9-13(15(19)10-6-4-5-7-11(10)17)14(16(20)22-3)12(18-9)8-21-2/h4-7,18H,8H2,1-3H3. The van der Waals surface area contributed by atoms with Crippen LogP contribution in [0.3, 0.4) is 0 Å². The minimum atomic E-state index is -0.591. The van der Waals surface area contributed by atoms with Crippen molar-refractivity contribution in [2.75, 3.05) is 14.2 Å². The van der Waals surface area contributed by atoms with Crippen molar-refractivity contribution in [2.45, 2.75) is 13.5 Å². The Labute approximate surface area is 133 Å². The van der Waals surface area contributed by atoms with E-state index in [2.05, 4.69) is 4.98 Å². The number of rotatable bonds is 5. The lowest BCUT2D eigenvalue weighted by Gasteiger charge is -2.07. The number of hydrogen-bond acceptors (Lipinski definition) is 4. The predicted molar refractivity (Wildman–Crippen MR) is 82.5 cm³/mol. The van der Waals surface area contributed by atoms with Crippen LogP contribution < -0.4 is 0 Å². The molecule has 1 aromatic heterocycles. The van der Waals surface area contributed by atoms with E-state index in [9.17, 15) is 9.59 Å². The summed E-state index contributed by atoms with van der Waals surface area (Å²) in [5.41, 5.74) is 1.85. The van der Waals surface area contributed by atoms with E-state index in [0.29, 0.717) is 22.0 Å². The van der Waals surface area contributed by atoms with Gasteiger partial charge in [0.15, 0.2) is 5.78 Å². The van der Waals surface area contributed by atoms with Crippen molar-refractivity contribution in [3.63, 3.8) is 0 Å². The monoisotopic (exact) mass is 321 g/mol. The van der Waals surface area contributed by atoms with Crippen LogP contribution in [0.2, 0.25) is 5.02 Å². The molecule has 5 nitrogen and oxygen atoms in total. The average molecular weight is 322 g/mol. The fourth-order valence-corrected chi connectivity index (χ4v) is 2.56. The van der Waals surface area contributed by atoms with Gasteiger partial charge in [-0.25, -0.2) is 4.79 Å². The molecule has 1 aromatic carbocycles. The number of aromatic amines is 1. The molecule has 22 heavy (non-hydrogen) atoms. The summed E-state index contributed by atoms with van der Waals surface area (Å²) in [6.07, 6.45) is 0. The van der Waals surface area contributed by atoms with E-state index in [-0.39, 0.29) is 23.5 Å². The van der Waals surface area contributed by atoms with Crippen LogP contribution in [0.4, 0.5) is 0 Å². The number of hydrogen-bond donors (Lipinski definition) is 1. The van der Waals surface area contributed by atoms with Gasteiger partial charge in [0.05, 0.1) is 35.6 Å². The van der Waals surface area contributed by atoms with Gasteiger partial charge in [-0.2, -0.15) is 0 Å². The molecule has 1 N–H and O–H groups in total. The maximum Gasteiger partial charge on any atom is 0.340 e. The van der Waals surface area contributed by atoms with Gasteiger partial charge >= 0.3 is 5.97 Å². The number of ether oxygens (including phenoxy) is 2. The van der Waals surface area contributed by atoms with Crippen LogP contribution in [0.25, 0.3) is 0 Å². The second-order valence-corrected chi connectivity index (χ2v) is 5.12. The molecule has 0 bridgehead atoms. The second kappa shape index (κ2) is 6.77. The van der Waals surface area contributed by atoms with Gasteiger partial charge in [0.1, 0.15) is 0 Å². The number of H-pyrrole nitrogens is 1. The van der Waals surface area contributed by atoms with E-state index in [0.717, 1.165) is 0 Å².